The zero-order valence-electron chi connectivity index (χ0n) is 19.5. The van der Waals surface area contributed by atoms with Crippen molar-refractivity contribution in [2.45, 2.75) is 34.6 Å². The van der Waals surface area contributed by atoms with Gasteiger partial charge >= 0.3 is 0 Å². The second-order valence-corrected chi connectivity index (χ2v) is 8.69. The van der Waals surface area contributed by atoms with Crippen molar-refractivity contribution >= 4 is 45.4 Å². The Hall–Kier alpha value is -3.89. The van der Waals surface area contributed by atoms with Gasteiger partial charge < -0.3 is 9.97 Å². The van der Waals surface area contributed by atoms with Crippen molar-refractivity contribution in [1.29, 1.82) is 0 Å². The van der Waals surface area contributed by atoms with Crippen molar-refractivity contribution in [2.75, 3.05) is 0 Å². The van der Waals surface area contributed by atoms with Crippen LogP contribution in [0, 0.1) is 52.1 Å². The minimum Gasteiger partial charge on any atom is -0.352 e. The standard InChI is InChI=1S/C25H17F7N4/c1-6-11(26)19-8(3)21-14(29)15(30)23(35-21)10(5)25-17(32)16(31)24(36-25)9(4)22-13(28)12(27)20(34-22)7(2)18(6)33-19/h33,36H,1-5H3. The SMILES string of the molecule is Cc1c2nc(c(C)c3[nH]c(c(C)c4nc(c(C)c5[nH]c1c(C)c5F)C(F)=C4F)c(F)c3F)C(F)=C2F. The molecule has 0 spiro atoms. The van der Waals surface area contributed by atoms with Crippen LogP contribution in [-0.2, 0) is 0 Å². The number of nitrogens with zero attached hydrogens (tertiary/aromatic N) is 2. The van der Waals surface area contributed by atoms with Gasteiger partial charge in [0.25, 0.3) is 0 Å². The molecule has 0 atom stereocenters. The van der Waals surface area contributed by atoms with Crippen molar-refractivity contribution in [3.8, 4) is 0 Å². The van der Waals surface area contributed by atoms with E-state index in [1.807, 2.05) is 0 Å². The van der Waals surface area contributed by atoms with Gasteiger partial charge in [0.2, 0.25) is 0 Å². The van der Waals surface area contributed by atoms with Gasteiger partial charge in [0.1, 0.15) is 22.8 Å². The van der Waals surface area contributed by atoms with Crippen molar-refractivity contribution in [1.82, 2.24) is 19.9 Å². The van der Waals surface area contributed by atoms with Crippen LogP contribution in [0.1, 0.15) is 50.6 Å². The third-order valence-electron chi connectivity index (χ3n) is 6.64. The van der Waals surface area contributed by atoms with E-state index in [1.165, 1.54) is 34.6 Å². The second-order valence-electron chi connectivity index (χ2n) is 8.69. The average molecular weight is 506 g/mol. The number of aromatic nitrogens is 4. The number of hydrogen-bond donors (Lipinski definition) is 2. The molecule has 2 N–H and O–H groups in total. The summed E-state index contributed by atoms with van der Waals surface area (Å²) in [7, 11) is 0. The maximum absolute atomic E-state index is 15.2. The van der Waals surface area contributed by atoms with E-state index in [0.29, 0.717) is 0 Å². The Kier molecular flexibility index (Phi) is 5.17. The van der Waals surface area contributed by atoms with E-state index in [1.54, 1.807) is 0 Å². The van der Waals surface area contributed by atoms with Crippen molar-refractivity contribution in [3.05, 3.63) is 68.0 Å². The highest BCUT2D eigenvalue weighted by Crippen LogP contribution is 2.40. The van der Waals surface area contributed by atoms with Crippen LogP contribution in [0.5, 0.6) is 0 Å². The summed E-state index contributed by atoms with van der Waals surface area (Å²) in [6.07, 6.45) is 0. The van der Waals surface area contributed by atoms with E-state index >= 15 is 4.39 Å². The Morgan fingerprint density at radius 3 is 1.03 bits per heavy atom. The molecule has 0 amide bonds. The first-order chi connectivity index (χ1) is 16.9. The lowest BCUT2D eigenvalue weighted by Crippen LogP contribution is -1.89. The van der Waals surface area contributed by atoms with Crippen molar-refractivity contribution < 1.29 is 30.7 Å². The van der Waals surface area contributed by atoms with E-state index in [9.17, 15) is 26.3 Å². The molecule has 36 heavy (non-hydrogen) atoms. The Morgan fingerprint density at radius 2 is 0.667 bits per heavy atom. The molecule has 0 aliphatic carbocycles. The molecule has 0 radical (unpaired) electrons. The minimum atomic E-state index is -1.46. The average Bonchev–Trinajstić information content (AvgIpc) is 3.52. The number of rotatable bonds is 0. The topological polar surface area (TPSA) is 57.4 Å². The largest absolute Gasteiger partial charge is 0.352 e. The molecule has 11 heteroatoms. The van der Waals surface area contributed by atoms with Crippen molar-refractivity contribution in [2.24, 2.45) is 0 Å². The summed E-state index contributed by atoms with van der Waals surface area (Å²) in [6.45, 7) is 6.37. The zero-order chi connectivity index (χ0) is 26.4. The van der Waals surface area contributed by atoms with Gasteiger partial charge in [-0.3, -0.25) is 0 Å². The molecular formula is C25H17F7N4. The van der Waals surface area contributed by atoms with E-state index in [-0.39, 0.29) is 38.9 Å². The summed E-state index contributed by atoms with van der Waals surface area (Å²) in [6, 6.07) is 0. The number of aromatic amines is 2. The summed E-state index contributed by atoms with van der Waals surface area (Å²) < 4.78 is 105. The summed E-state index contributed by atoms with van der Waals surface area (Å²) >= 11 is 0. The monoisotopic (exact) mass is 506 g/mol. The molecule has 8 bridgehead atoms. The van der Waals surface area contributed by atoms with E-state index in [2.05, 4.69) is 19.9 Å². The Labute approximate surface area is 199 Å². The highest BCUT2D eigenvalue weighted by atomic mass is 19.2. The Morgan fingerprint density at radius 1 is 0.389 bits per heavy atom. The third kappa shape index (κ3) is 3.01. The van der Waals surface area contributed by atoms with E-state index in [4.69, 9.17) is 0 Å². The number of nitrogens with one attached hydrogen (secondary N) is 2. The molecule has 2 aliphatic rings. The first-order valence-corrected chi connectivity index (χ1v) is 10.7. The molecular weight excluding hydrogens is 489 g/mol. The molecule has 5 heterocycles. The molecule has 4 nitrogen and oxygen atoms in total. The maximum Gasteiger partial charge on any atom is 0.187 e. The van der Waals surface area contributed by atoms with Crippen LogP contribution in [0.4, 0.5) is 30.7 Å². The molecule has 5 rings (SSSR count). The molecule has 0 saturated carbocycles. The quantitative estimate of drug-likeness (QED) is 0.306. The maximum atomic E-state index is 15.2. The minimum absolute atomic E-state index is 0.00111. The molecule has 2 aliphatic heterocycles. The number of H-pyrrole nitrogens is 2. The fourth-order valence-electron chi connectivity index (χ4n) is 4.48. The summed E-state index contributed by atoms with van der Waals surface area (Å²) in [5, 5.41) is 0. The predicted molar refractivity (Wildman–Crippen MR) is 123 cm³/mol. The number of halogens is 7. The predicted octanol–water partition coefficient (Wildman–Crippen LogP) is 7.80. The van der Waals surface area contributed by atoms with Crippen LogP contribution in [-0.4, -0.2) is 19.9 Å². The first-order valence-electron chi connectivity index (χ1n) is 10.7. The Bertz CT molecular complexity index is 1510. The molecule has 186 valence electrons. The van der Waals surface area contributed by atoms with Gasteiger partial charge in [-0.05, 0) is 34.6 Å². The fraction of sp³-hybridized carbons (Fsp3) is 0.200. The third-order valence-corrected chi connectivity index (χ3v) is 6.64. The van der Waals surface area contributed by atoms with Gasteiger partial charge in [0, 0.05) is 33.3 Å². The van der Waals surface area contributed by atoms with Crippen LogP contribution in [0.2, 0.25) is 0 Å². The summed E-state index contributed by atoms with van der Waals surface area (Å²) in [4.78, 5) is 13.0. The van der Waals surface area contributed by atoms with Crippen molar-refractivity contribution in [3.63, 3.8) is 0 Å². The molecule has 0 aromatic carbocycles. The lowest BCUT2D eigenvalue weighted by Gasteiger charge is -1.97. The van der Waals surface area contributed by atoms with Gasteiger partial charge in [0.15, 0.2) is 40.8 Å². The van der Waals surface area contributed by atoms with E-state index in [0.717, 1.165) is 0 Å². The highest BCUT2D eigenvalue weighted by molar-refractivity contribution is 5.92. The normalized spacial score (nSPS) is 13.9. The Balaban J connectivity index is 2.13. The van der Waals surface area contributed by atoms with Crippen LogP contribution < -0.4 is 0 Å². The molecule has 0 saturated heterocycles. The second kappa shape index (κ2) is 7.81. The van der Waals surface area contributed by atoms with Gasteiger partial charge in [-0.25, -0.2) is 40.7 Å². The zero-order valence-corrected chi connectivity index (χ0v) is 19.5. The number of fused-ring (bicyclic) bond motifs is 8. The van der Waals surface area contributed by atoms with Gasteiger partial charge in [-0.1, -0.05) is 0 Å². The van der Waals surface area contributed by atoms with Crippen LogP contribution in [0.3, 0.4) is 0 Å². The summed E-state index contributed by atoms with van der Waals surface area (Å²) in [5.74, 6) is -9.37. The van der Waals surface area contributed by atoms with Crippen LogP contribution >= 0.6 is 0 Å². The first kappa shape index (κ1) is 23.8. The lowest BCUT2D eigenvalue weighted by molar-refractivity contribution is 0.528. The molecule has 3 aromatic rings. The van der Waals surface area contributed by atoms with E-state index < -0.39 is 74.6 Å². The fourth-order valence-corrected chi connectivity index (χ4v) is 4.48. The highest BCUT2D eigenvalue weighted by Gasteiger charge is 2.29. The van der Waals surface area contributed by atoms with Gasteiger partial charge in [0.05, 0.1) is 16.6 Å². The number of aryl methyl sites for hydroxylation is 5. The van der Waals surface area contributed by atoms with Gasteiger partial charge in [-0.15, -0.1) is 0 Å². The molecule has 3 aromatic heterocycles. The van der Waals surface area contributed by atoms with Crippen LogP contribution in [0.25, 0.3) is 45.4 Å². The number of hydrogen-bond acceptors (Lipinski definition) is 2. The molecule has 0 fully saturated rings. The lowest BCUT2D eigenvalue weighted by atomic mass is 10.1. The summed E-state index contributed by atoms with van der Waals surface area (Å²) in [5.41, 5.74) is -4.36. The molecule has 0 unspecified atom stereocenters. The smallest absolute Gasteiger partial charge is 0.187 e. The van der Waals surface area contributed by atoms with Crippen LogP contribution in [0.15, 0.2) is 0 Å². The van der Waals surface area contributed by atoms with Gasteiger partial charge in [-0.2, -0.15) is 0 Å².